The second-order valence-electron chi connectivity index (χ2n) is 6.57. The van der Waals surface area contributed by atoms with Gasteiger partial charge < -0.3 is 14.8 Å². The summed E-state index contributed by atoms with van der Waals surface area (Å²) < 4.78 is 6.24. The molecule has 0 spiro atoms. The minimum atomic E-state index is -1.19. The highest BCUT2D eigenvalue weighted by Gasteiger charge is 2.15. The van der Waals surface area contributed by atoms with E-state index in [-0.39, 0.29) is 24.4 Å². The summed E-state index contributed by atoms with van der Waals surface area (Å²) in [5.74, 6) is -1.55. The largest absolute Gasteiger partial charge is 0.475 e. The number of hydrogen-bond acceptors (Lipinski definition) is 5. The molecule has 2 aromatic heterocycles. The van der Waals surface area contributed by atoms with Crippen LogP contribution in [0.25, 0.3) is 22.0 Å². The second kappa shape index (κ2) is 8.04. The Bertz CT molecular complexity index is 1290. The Morgan fingerprint density at radius 2 is 1.67 bits per heavy atom. The lowest BCUT2D eigenvalue weighted by molar-refractivity contribution is -0.122. The molecule has 0 bridgehead atoms. The molecule has 4 rings (SSSR count). The third-order valence-electron chi connectivity index (χ3n) is 4.54. The molecule has 4 aromatic rings. The Morgan fingerprint density at radius 1 is 0.967 bits per heavy atom. The number of amides is 1. The van der Waals surface area contributed by atoms with Gasteiger partial charge in [0.15, 0.2) is 0 Å². The third kappa shape index (κ3) is 3.83. The lowest BCUT2D eigenvalue weighted by Gasteiger charge is -2.11. The summed E-state index contributed by atoms with van der Waals surface area (Å²) in [6.07, 6.45) is 0. The van der Waals surface area contributed by atoms with Crippen molar-refractivity contribution in [2.45, 2.75) is 13.1 Å². The lowest BCUT2D eigenvalue weighted by atomic mass is 10.1. The molecule has 0 saturated carbocycles. The molecular weight excluding hydrogens is 386 g/mol. The van der Waals surface area contributed by atoms with Gasteiger partial charge in [0.1, 0.15) is 12.3 Å². The van der Waals surface area contributed by atoms with Gasteiger partial charge in [0.25, 0.3) is 5.56 Å². The van der Waals surface area contributed by atoms with Crippen molar-refractivity contribution < 1.29 is 19.1 Å². The van der Waals surface area contributed by atoms with Crippen LogP contribution in [-0.4, -0.2) is 26.8 Å². The number of carboxylic acid groups (broad SMARTS) is 1. The van der Waals surface area contributed by atoms with Gasteiger partial charge >= 0.3 is 5.97 Å². The van der Waals surface area contributed by atoms with E-state index < -0.39 is 11.9 Å². The van der Waals surface area contributed by atoms with Gasteiger partial charge in [-0.3, -0.25) is 9.59 Å². The Labute approximate surface area is 170 Å². The number of carboxylic acids is 1. The van der Waals surface area contributed by atoms with Crippen molar-refractivity contribution in [2.75, 3.05) is 0 Å². The van der Waals surface area contributed by atoms with Crippen LogP contribution in [0, 0.1) is 0 Å². The van der Waals surface area contributed by atoms with Crippen LogP contribution < -0.4 is 10.9 Å². The number of fused-ring (bicyclic) bond motifs is 1. The number of rotatable bonds is 6. The Kier molecular flexibility index (Phi) is 5.13. The second-order valence-corrected chi connectivity index (χ2v) is 6.57. The number of benzene rings is 2. The zero-order valence-electron chi connectivity index (χ0n) is 15.7. The van der Waals surface area contributed by atoms with Gasteiger partial charge in [0.2, 0.25) is 11.7 Å². The van der Waals surface area contributed by atoms with Crippen molar-refractivity contribution >= 4 is 22.6 Å². The molecule has 30 heavy (non-hydrogen) atoms. The van der Waals surface area contributed by atoms with E-state index in [1.165, 1.54) is 12.1 Å². The molecule has 0 unspecified atom stereocenters. The highest BCUT2D eigenvalue weighted by Crippen LogP contribution is 2.24. The van der Waals surface area contributed by atoms with Crippen LogP contribution in [0.4, 0.5) is 0 Å². The van der Waals surface area contributed by atoms with Crippen LogP contribution in [0.3, 0.4) is 0 Å². The summed E-state index contributed by atoms with van der Waals surface area (Å²) >= 11 is 0. The summed E-state index contributed by atoms with van der Waals surface area (Å²) in [6.45, 7) is -0.282. The predicted molar refractivity (Wildman–Crippen MR) is 109 cm³/mol. The monoisotopic (exact) mass is 403 g/mol. The first-order valence-electron chi connectivity index (χ1n) is 9.17. The zero-order chi connectivity index (χ0) is 21.1. The summed E-state index contributed by atoms with van der Waals surface area (Å²) in [5.41, 5.74) is 1.07. The number of carbonyl (C=O) groups excluding carboxylic acids is 1. The predicted octanol–water partition coefficient (Wildman–Crippen LogP) is 2.67. The summed E-state index contributed by atoms with van der Waals surface area (Å²) in [7, 11) is 0. The van der Waals surface area contributed by atoms with E-state index in [1.54, 1.807) is 12.1 Å². The minimum absolute atomic E-state index is 0.0000124. The molecule has 0 atom stereocenters. The number of carbonyl (C=O) groups is 2. The van der Waals surface area contributed by atoms with Gasteiger partial charge in [-0.15, -0.1) is 0 Å². The number of nitrogens with one attached hydrogen (secondary N) is 1. The van der Waals surface area contributed by atoms with E-state index in [4.69, 9.17) is 9.52 Å². The molecule has 2 aromatic carbocycles. The highest BCUT2D eigenvalue weighted by atomic mass is 16.4. The fourth-order valence-electron chi connectivity index (χ4n) is 3.12. The molecule has 8 heteroatoms. The molecule has 150 valence electrons. The first-order valence-corrected chi connectivity index (χ1v) is 9.17. The maximum absolute atomic E-state index is 12.8. The highest BCUT2D eigenvalue weighted by molar-refractivity contribution is 5.93. The van der Waals surface area contributed by atoms with Crippen LogP contribution in [0.5, 0.6) is 0 Å². The Morgan fingerprint density at radius 3 is 2.37 bits per heavy atom. The topological polar surface area (TPSA) is 114 Å². The summed E-state index contributed by atoms with van der Waals surface area (Å²) in [6, 6.07) is 19.3. The first kappa shape index (κ1) is 19.1. The van der Waals surface area contributed by atoms with Gasteiger partial charge in [-0.1, -0.05) is 48.5 Å². The van der Waals surface area contributed by atoms with Crippen LogP contribution in [0.15, 0.2) is 75.9 Å². The van der Waals surface area contributed by atoms with Crippen molar-refractivity contribution in [3.05, 3.63) is 88.6 Å². The molecular formula is C22H17N3O5. The molecule has 2 N–H and O–H groups in total. The van der Waals surface area contributed by atoms with Crippen molar-refractivity contribution in [3.8, 4) is 11.3 Å². The molecule has 0 aliphatic carbocycles. The Hall–Kier alpha value is -4.20. The molecule has 0 aliphatic rings. The standard InChI is InChI=1S/C22H17N3O5/c26-19(23-12-15-10-11-18(30-15)22(28)29)13-25-21(27)17-9-5-4-8-16(17)20(24-25)14-6-2-1-3-7-14/h1-11H,12-13H2,(H,23,26)(H,28,29). The van der Waals surface area contributed by atoms with Crippen LogP contribution in [-0.2, 0) is 17.9 Å². The van der Waals surface area contributed by atoms with Crippen molar-refractivity contribution in [1.29, 1.82) is 0 Å². The quantitative estimate of drug-likeness (QED) is 0.512. The molecule has 0 aliphatic heterocycles. The fraction of sp³-hybridized carbons (Fsp3) is 0.0909. The number of aromatic carboxylic acids is 1. The average molecular weight is 403 g/mol. The van der Waals surface area contributed by atoms with Gasteiger partial charge in [0.05, 0.1) is 17.6 Å². The third-order valence-corrected chi connectivity index (χ3v) is 4.54. The van der Waals surface area contributed by atoms with E-state index in [1.807, 2.05) is 42.5 Å². The normalized spacial score (nSPS) is 10.8. The van der Waals surface area contributed by atoms with Gasteiger partial charge in [0, 0.05) is 10.9 Å². The van der Waals surface area contributed by atoms with E-state index >= 15 is 0 Å². The maximum Gasteiger partial charge on any atom is 0.371 e. The average Bonchev–Trinajstić information content (AvgIpc) is 3.24. The van der Waals surface area contributed by atoms with Crippen LogP contribution in [0.1, 0.15) is 16.3 Å². The van der Waals surface area contributed by atoms with Gasteiger partial charge in [-0.2, -0.15) is 5.10 Å². The SMILES string of the molecule is O=C(Cn1nc(-c2ccccc2)c2ccccc2c1=O)NCc1ccc(C(=O)O)o1. The van der Waals surface area contributed by atoms with E-state index in [0.29, 0.717) is 22.2 Å². The molecule has 2 heterocycles. The van der Waals surface area contributed by atoms with Gasteiger partial charge in [-0.05, 0) is 18.2 Å². The van der Waals surface area contributed by atoms with Gasteiger partial charge in [-0.25, -0.2) is 9.48 Å². The smallest absolute Gasteiger partial charge is 0.371 e. The lowest BCUT2D eigenvalue weighted by Crippen LogP contribution is -2.33. The first-order chi connectivity index (χ1) is 14.5. The van der Waals surface area contributed by atoms with Crippen LogP contribution in [0.2, 0.25) is 0 Å². The number of furan rings is 1. The summed E-state index contributed by atoms with van der Waals surface area (Å²) in [4.78, 5) is 36.1. The van der Waals surface area contributed by atoms with Crippen molar-refractivity contribution in [1.82, 2.24) is 15.1 Å². The molecule has 0 radical (unpaired) electrons. The van der Waals surface area contributed by atoms with E-state index in [9.17, 15) is 14.4 Å². The van der Waals surface area contributed by atoms with Crippen molar-refractivity contribution in [2.24, 2.45) is 0 Å². The minimum Gasteiger partial charge on any atom is -0.475 e. The van der Waals surface area contributed by atoms with Crippen LogP contribution >= 0.6 is 0 Å². The van der Waals surface area contributed by atoms with Crippen molar-refractivity contribution in [3.63, 3.8) is 0 Å². The Balaban J connectivity index is 1.60. The van der Waals surface area contributed by atoms with E-state index in [2.05, 4.69) is 10.4 Å². The summed E-state index contributed by atoms with van der Waals surface area (Å²) in [5, 5.41) is 17.1. The van der Waals surface area contributed by atoms with E-state index in [0.717, 1.165) is 10.2 Å². The maximum atomic E-state index is 12.8. The molecule has 0 fully saturated rings. The number of nitrogens with zero attached hydrogens (tertiary/aromatic N) is 2. The molecule has 8 nitrogen and oxygen atoms in total. The molecule has 0 saturated heterocycles. The number of hydrogen-bond donors (Lipinski definition) is 2. The zero-order valence-corrected chi connectivity index (χ0v) is 15.7. The molecule has 1 amide bonds. The fourth-order valence-corrected chi connectivity index (χ4v) is 3.12. The number of aromatic nitrogens is 2.